The lowest BCUT2D eigenvalue weighted by Crippen LogP contribution is -2.39. The Bertz CT molecular complexity index is 867. The number of imidazole rings is 1. The minimum atomic E-state index is -1.20. The van der Waals surface area contributed by atoms with Crippen molar-refractivity contribution in [2.45, 2.75) is 55.8 Å². The molecule has 9 heteroatoms. The molecule has 0 amide bonds. The predicted molar refractivity (Wildman–Crippen MR) is 121 cm³/mol. The number of aliphatic hydroxyl groups is 1. The molecule has 0 radical (unpaired) electrons. The number of nitrogens with zero attached hydrogens (tertiary/aromatic N) is 3. The molecule has 1 aliphatic rings. The van der Waals surface area contributed by atoms with Crippen LogP contribution in [0.2, 0.25) is 0 Å². The second-order valence-electron chi connectivity index (χ2n) is 8.12. The second-order valence-corrected chi connectivity index (χ2v) is 13.5. The molecule has 3 heterocycles. The molecule has 3 rings (SSSR count). The van der Waals surface area contributed by atoms with E-state index < -0.39 is 25.3 Å². The first-order valence-electron chi connectivity index (χ1n) is 9.74. The van der Waals surface area contributed by atoms with Gasteiger partial charge in [0.05, 0.1) is 23.9 Å². The number of hydrogen-bond donors (Lipinski definition) is 3. The van der Waals surface area contributed by atoms with Gasteiger partial charge in [0.25, 0.3) is 0 Å². The first kappa shape index (κ1) is 21.7. The third-order valence-electron chi connectivity index (χ3n) is 5.00. The van der Waals surface area contributed by atoms with Crippen LogP contribution in [0.3, 0.4) is 0 Å². The Labute approximate surface area is 171 Å². The maximum Gasteiger partial charge on any atom is 0.172 e. The number of anilines is 1. The summed E-state index contributed by atoms with van der Waals surface area (Å²) in [6, 6.07) is 1.19. The SMILES string of the molecule is C=P(C)(C)CC[C@H]1OC(n2c(SCCCC)nc3c(N)ccnc32)[C@H](N)[C@@H]1O. The first-order valence-corrected chi connectivity index (χ1v) is 13.8. The molecule has 0 aliphatic carbocycles. The summed E-state index contributed by atoms with van der Waals surface area (Å²) in [5.74, 6) is 0.938. The van der Waals surface area contributed by atoms with Gasteiger partial charge in [-0.2, -0.15) is 0 Å². The Morgan fingerprint density at radius 1 is 1.43 bits per heavy atom. The number of hydrogen-bond acceptors (Lipinski definition) is 7. The second kappa shape index (κ2) is 8.76. The van der Waals surface area contributed by atoms with Crippen LogP contribution in [-0.2, 0) is 4.74 Å². The summed E-state index contributed by atoms with van der Waals surface area (Å²) in [6.45, 7) is 5.33. The normalized spacial score (nSPS) is 25.6. The fraction of sp³-hybridized carbons (Fsp3) is 0.632. The number of unbranched alkanes of at least 4 members (excludes halogenated alkanes) is 1. The van der Waals surface area contributed by atoms with Gasteiger partial charge in [0.1, 0.15) is 5.52 Å². The fourth-order valence-corrected chi connectivity index (χ4v) is 5.40. The molecule has 28 heavy (non-hydrogen) atoms. The molecule has 0 saturated carbocycles. The molecular formula is C19H32N5O2PS. The topological polar surface area (TPSA) is 112 Å². The zero-order valence-electron chi connectivity index (χ0n) is 16.9. The van der Waals surface area contributed by atoms with E-state index in [0.717, 1.165) is 36.3 Å². The van der Waals surface area contributed by atoms with Gasteiger partial charge in [-0.05, 0) is 38.4 Å². The van der Waals surface area contributed by atoms with E-state index in [1.54, 1.807) is 24.0 Å². The molecule has 1 saturated heterocycles. The fourth-order valence-electron chi connectivity index (χ4n) is 3.34. The Kier molecular flexibility index (Phi) is 6.77. The number of nitrogens with two attached hydrogens (primary N) is 2. The van der Waals surface area contributed by atoms with Crippen LogP contribution in [0.1, 0.15) is 32.4 Å². The number of thioether (sulfide) groups is 1. The highest BCUT2D eigenvalue weighted by molar-refractivity contribution is 7.99. The lowest BCUT2D eigenvalue weighted by Gasteiger charge is -2.20. The summed E-state index contributed by atoms with van der Waals surface area (Å²) >= 11 is 1.65. The molecule has 0 bridgehead atoms. The van der Waals surface area contributed by atoms with Gasteiger partial charge in [-0.1, -0.05) is 25.1 Å². The highest BCUT2D eigenvalue weighted by Crippen LogP contribution is 2.41. The van der Waals surface area contributed by atoms with Gasteiger partial charge in [-0.25, -0.2) is 9.97 Å². The lowest BCUT2D eigenvalue weighted by atomic mass is 10.1. The first-order chi connectivity index (χ1) is 13.2. The van der Waals surface area contributed by atoms with Gasteiger partial charge >= 0.3 is 0 Å². The van der Waals surface area contributed by atoms with Crippen molar-refractivity contribution in [2.75, 3.05) is 31.0 Å². The monoisotopic (exact) mass is 425 g/mol. The Hall–Kier alpha value is -1.05. The molecule has 2 aromatic heterocycles. The van der Waals surface area contributed by atoms with Crippen molar-refractivity contribution in [1.82, 2.24) is 14.5 Å². The van der Waals surface area contributed by atoms with E-state index in [9.17, 15) is 5.11 Å². The highest BCUT2D eigenvalue weighted by atomic mass is 32.2. The smallest absolute Gasteiger partial charge is 0.172 e. The van der Waals surface area contributed by atoms with Crippen molar-refractivity contribution in [3.8, 4) is 0 Å². The molecule has 156 valence electrons. The van der Waals surface area contributed by atoms with Crippen LogP contribution in [0.15, 0.2) is 17.4 Å². The van der Waals surface area contributed by atoms with Gasteiger partial charge in [0.2, 0.25) is 0 Å². The average molecular weight is 426 g/mol. The third-order valence-corrected chi connectivity index (χ3v) is 7.51. The van der Waals surface area contributed by atoms with E-state index in [4.69, 9.17) is 21.2 Å². The summed E-state index contributed by atoms with van der Waals surface area (Å²) in [5.41, 5.74) is 14.4. The van der Waals surface area contributed by atoms with Crippen LogP contribution in [0, 0.1) is 0 Å². The molecule has 7 nitrogen and oxygen atoms in total. The minimum absolute atomic E-state index is 0.312. The van der Waals surface area contributed by atoms with Crippen LogP contribution in [0.4, 0.5) is 5.69 Å². The van der Waals surface area contributed by atoms with Crippen LogP contribution >= 0.6 is 18.6 Å². The van der Waals surface area contributed by atoms with Crippen LogP contribution in [-0.4, -0.2) is 69.4 Å². The van der Waals surface area contributed by atoms with Gasteiger partial charge in [0, 0.05) is 11.9 Å². The molecule has 0 aromatic carbocycles. The number of fused-ring (bicyclic) bond motifs is 1. The van der Waals surface area contributed by atoms with Gasteiger partial charge in [0.15, 0.2) is 17.0 Å². The summed E-state index contributed by atoms with van der Waals surface area (Å²) < 4.78 is 8.19. The van der Waals surface area contributed by atoms with E-state index in [2.05, 4.69) is 31.5 Å². The molecule has 1 aliphatic heterocycles. The van der Waals surface area contributed by atoms with Crippen molar-refractivity contribution >= 4 is 41.8 Å². The largest absolute Gasteiger partial charge is 0.397 e. The zero-order chi connectivity index (χ0) is 20.5. The lowest BCUT2D eigenvalue weighted by molar-refractivity contribution is -0.0221. The number of pyridine rings is 1. The number of aliphatic hydroxyl groups excluding tert-OH is 1. The molecule has 5 N–H and O–H groups in total. The number of ether oxygens (including phenoxy) is 1. The summed E-state index contributed by atoms with van der Waals surface area (Å²) in [5, 5.41) is 11.5. The molecule has 4 atom stereocenters. The third kappa shape index (κ3) is 4.57. The predicted octanol–water partition coefficient (Wildman–Crippen LogP) is 2.59. The van der Waals surface area contributed by atoms with Gasteiger partial charge in [-0.15, -0.1) is 13.2 Å². The maximum atomic E-state index is 10.7. The summed E-state index contributed by atoms with van der Waals surface area (Å²) in [6.07, 6.45) is 8.24. The van der Waals surface area contributed by atoms with E-state index >= 15 is 0 Å². The van der Waals surface area contributed by atoms with Gasteiger partial charge in [-0.3, -0.25) is 4.57 Å². The summed E-state index contributed by atoms with van der Waals surface area (Å²) in [4.78, 5) is 9.21. The van der Waals surface area contributed by atoms with Crippen molar-refractivity contribution in [1.29, 1.82) is 0 Å². The van der Waals surface area contributed by atoms with E-state index in [1.165, 1.54) is 0 Å². The minimum Gasteiger partial charge on any atom is -0.397 e. The van der Waals surface area contributed by atoms with Crippen LogP contribution in [0.5, 0.6) is 0 Å². The Balaban J connectivity index is 1.93. The van der Waals surface area contributed by atoms with Crippen molar-refractivity contribution < 1.29 is 9.84 Å². The average Bonchev–Trinajstić information content (AvgIpc) is 3.12. The molecule has 0 spiro atoms. The van der Waals surface area contributed by atoms with Crippen molar-refractivity contribution in [2.24, 2.45) is 5.73 Å². The number of aromatic nitrogens is 3. The zero-order valence-corrected chi connectivity index (χ0v) is 18.6. The number of rotatable bonds is 8. The van der Waals surface area contributed by atoms with Gasteiger partial charge < -0.3 is 21.3 Å². The highest BCUT2D eigenvalue weighted by Gasteiger charge is 2.43. The maximum absolute atomic E-state index is 10.7. The molecular weight excluding hydrogens is 393 g/mol. The number of nitrogen functional groups attached to an aromatic ring is 1. The molecule has 1 fully saturated rings. The molecule has 2 aromatic rings. The van der Waals surface area contributed by atoms with Crippen molar-refractivity contribution in [3.05, 3.63) is 12.3 Å². The Morgan fingerprint density at radius 3 is 2.86 bits per heavy atom. The van der Waals surface area contributed by atoms with Crippen LogP contribution in [0.25, 0.3) is 11.2 Å². The summed E-state index contributed by atoms with van der Waals surface area (Å²) in [7, 11) is 0. The molecule has 1 unspecified atom stereocenters. The van der Waals surface area contributed by atoms with E-state index in [0.29, 0.717) is 16.9 Å². The standard InChI is InChI=1S/C19H32N5O2PS/c1-5-6-11-28-19-23-15-12(20)7-9-22-17(15)24(19)18-14(21)16(25)13(26-18)8-10-27(2,3)4/h7,9,13-14,16,18,25H,2,5-6,8,10-11,21H2,1,3-4H3,(H2,20,22)/t13-,14-,16-,18?/m1/s1. The van der Waals surface area contributed by atoms with E-state index in [1.807, 2.05) is 4.57 Å². The van der Waals surface area contributed by atoms with Crippen LogP contribution < -0.4 is 11.5 Å². The quantitative estimate of drug-likeness (QED) is 0.338. The Morgan fingerprint density at radius 2 is 2.18 bits per heavy atom. The van der Waals surface area contributed by atoms with E-state index in [-0.39, 0.29) is 6.10 Å². The van der Waals surface area contributed by atoms with Crippen molar-refractivity contribution in [3.63, 3.8) is 0 Å².